The van der Waals surface area contributed by atoms with Gasteiger partial charge in [-0.15, -0.1) is 11.3 Å². The van der Waals surface area contributed by atoms with Gasteiger partial charge in [-0.1, -0.05) is 48.5 Å². The number of nitrogens with zero attached hydrogens (tertiary/aromatic N) is 2. The third-order valence-corrected chi connectivity index (χ3v) is 6.68. The van der Waals surface area contributed by atoms with E-state index in [1.54, 1.807) is 10.6 Å². The zero-order valence-electron chi connectivity index (χ0n) is 16.1. The Balaban J connectivity index is 1.93. The van der Waals surface area contributed by atoms with Gasteiger partial charge in [-0.2, -0.15) is 0 Å². The highest BCUT2D eigenvalue weighted by molar-refractivity contribution is 7.73. The Morgan fingerprint density at radius 3 is 2.57 bits per heavy atom. The average molecular weight is 433 g/mol. The van der Waals surface area contributed by atoms with E-state index in [-0.39, 0.29) is 17.9 Å². The van der Waals surface area contributed by atoms with Gasteiger partial charge in [-0.25, -0.2) is 4.39 Å². The second-order valence-electron chi connectivity index (χ2n) is 7.21. The highest BCUT2D eigenvalue weighted by Crippen LogP contribution is 2.35. The smallest absolute Gasteiger partial charge is 0.261 e. The third kappa shape index (κ3) is 3.00. The molecule has 3 nitrogen and oxygen atoms in total. The average Bonchev–Trinajstić information content (AvgIpc) is 3.08. The molecule has 0 unspecified atom stereocenters. The van der Waals surface area contributed by atoms with E-state index in [0.717, 1.165) is 32.7 Å². The van der Waals surface area contributed by atoms with Crippen molar-refractivity contribution in [1.29, 1.82) is 0 Å². The summed E-state index contributed by atoms with van der Waals surface area (Å²) in [5.74, 6) is -0.321. The molecule has 2 aromatic heterocycles. The molecule has 0 atom stereocenters. The molecule has 0 saturated heterocycles. The standard InChI is InChI=1S/C24H17FN2OS2/c1-15-7-2-3-10-18(15)21-22-26(14-16-8-6-9-17(25)13-16)23(28)19-11-4-5-12-20(19)27(22)24(29)30-21/h2-13H,14H2,1H3. The quantitative estimate of drug-likeness (QED) is 0.317. The van der Waals surface area contributed by atoms with E-state index < -0.39 is 0 Å². The Bertz CT molecular complexity index is 1540. The van der Waals surface area contributed by atoms with Crippen molar-refractivity contribution < 1.29 is 4.39 Å². The molecular formula is C24H17FN2OS2. The first kappa shape index (κ1) is 18.9. The molecule has 0 bridgehead atoms. The lowest BCUT2D eigenvalue weighted by molar-refractivity contribution is 0.623. The van der Waals surface area contributed by atoms with Crippen LogP contribution in [-0.4, -0.2) is 8.97 Å². The fraction of sp³-hybridized carbons (Fsp3) is 0.0833. The summed E-state index contributed by atoms with van der Waals surface area (Å²) in [5, 5.41) is 0.589. The van der Waals surface area contributed by atoms with E-state index in [1.165, 1.54) is 23.5 Å². The van der Waals surface area contributed by atoms with Crippen LogP contribution >= 0.6 is 23.6 Å². The van der Waals surface area contributed by atoms with E-state index in [4.69, 9.17) is 12.2 Å². The van der Waals surface area contributed by atoms with Gasteiger partial charge in [0.25, 0.3) is 5.56 Å². The van der Waals surface area contributed by atoms with Crippen LogP contribution in [0.2, 0.25) is 0 Å². The van der Waals surface area contributed by atoms with Gasteiger partial charge in [-0.05, 0) is 60.1 Å². The molecule has 0 fully saturated rings. The second-order valence-corrected chi connectivity index (χ2v) is 8.85. The first-order chi connectivity index (χ1) is 14.5. The van der Waals surface area contributed by atoms with Gasteiger partial charge in [0, 0.05) is 0 Å². The highest BCUT2D eigenvalue weighted by Gasteiger charge is 2.19. The molecule has 0 N–H and O–H groups in total. The van der Waals surface area contributed by atoms with Crippen LogP contribution in [0.25, 0.3) is 27.0 Å². The van der Waals surface area contributed by atoms with Gasteiger partial charge in [-0.3, -0.25) is 13.8 Å². The van der Waals surface area contributed by atoms with E-state index in [2.05, 4.69) is 0 Å². The molecule has 0 amide bonds. The number of fused-ring (bicyclic) bond motifs is 3. The number of halogens is 1. The van der Waals surface area contributed by atoms with Gasteiger partial charge in [0.15, 0.2) is 3.95 Å². The summed E-state index contributed by atoms with van der Waals surface area (Å²) in [6.07, 6.45) is 0. The van der Waals surface area contributed by atoms with Crippen LogP contribution in [0.3, 0.4) is 0 Å². The molecule has 30 heavy (non-hydrogen) atoms. The number of thiazole rings is 1. The molecule has 2 heterocycles. The second kappa shape index (κ2) is 7.31. The van der Waals surface area contributed by atoms with Gasteiger partial charge < -0.3 is 0 Å². The summed E-state index contributed by atoms with van der Waals surface area (Å²) < 4.78 is 18.2. The van der Waals surface area contributed by atoms with E-state index in [9.17, 15) is 9.18 Å². The molecule has 5 rings (SSSR count). The first-order valence-electron chi connectivity index (χ1n) is 9.52. The van der Waals surface area contributed by atoms with Crippen molar-refractivity contribution >= 4 is 40.1 Å². The van der Waals surface area contributed by atoms with E-state index >= 15 is 0 Å². The maximum atomic E-state index is 13.8. The molecule has 0 aliphatic heterocycles. The van der Waals surface area contributed by atoms with Crippen molar-refractivity contribution in [3.05, 3.63) is 104 Å². The molecule has 3 aromatic carbocycles. The molecular weight excluding hydrogens is 415 g/mol. The zero-order valence-corrected chi connectivity index (χ0v) is 17.8. The van der Waals surface area contributed by atoms with Crippen molar-refractivity contribution in [3.63, 3.8) is 0 Å². The van der Waals surface area contributed by atoms with Gasteiger partial charge in [0.2, 0.25) is 0 Å². The molecule has 5 aromatic rings. The van der Waals surface area contributed by atoms with Gasteiger partial charge in [0.1, 0.15) is 11.5 Å². The lowest BCUT2D eigenvalue weighted by Crippen LogP contribution is -2.23. The van der Waals surface area contributed by atoms with Gasteiger partial charge >= 0.3 is 0 Å². The number of hydrogen-bond donors (Lipinski definition) is 0. The molecule has 0 spiro atoms. The third-order valence-electron chi connectivity index (χ3n) is 5.28. The lowest BCUT2D eigenvalue weighted by atomic mass is 10.1. The van der Waals surface area contributed by atoms with Crippen LogP contribution < -0.4 is 5.56 Å². The van der Waals surface area contributed by atoms with Crippen LogP contribution in [-0.2, 0) is 6.54 Å². The monoisotopic (exact) mass is 432 g/mol. The normalized spacial score (nSPS) is 11.4. The van der Waals surface area contributed by atoms with Crippen molar-refractivity contribution in [2.45, 2.75) is 13.5 Å². The predicted octanol–water partition coefficient (Wildman–Crippen LogP) is 6.21. The molecule has 0 aliphatic carbocycles. The number of rotatable bonds is 3. The Morgan fingerprint density at radius 1 is 1.00 bits per heavy atom. The fourth-order valence-corrected chi connectivity index (χ4v) is 5.40. The number of benzene rings is 3. The Labute approximate surface area is 181 Å². The zero-order chi connectivity index (χ0) is 20.8. The van der Waals surface area contributed by atoms with Crippen LogP contribution in [0.4, 0.5) is 4.39 Å². The summed E-state index contributed by atoms with van der Waals surface area (Å²) in [4.78, 5) is 14.5. The number of aryl methyl sites for hydroxylation is 1. The van der Waals surface area contributed by atoms with Crippen molar-refractivity contribution in [2.75, 3.05) is 0 Å². The minimum Gasteiger partial charge on any atom is -0.288 e. The largest absolute Gasteiger partial charge is 0.288 e. The summed E-state index contributed by atoms with van der Waals surface area (Å²) >= 11 is 7.23. The number of hydrogen-bond acceptors (Lipinski definition) is 3. The van der Waals surface area contributed by atoms with Crippen molar-refractivity contribution in [1.82, 2.24) is 8.97 Å². The number of aromatic nitrogens is 2. The van der Waals surface area contributed by atoms with Crippen molar-refractivity contribution in [3.8, 4) is 10.4 Å². The van der Waals surface area contributed by atoms with E-state index in [1.807, 2.05) is 65.9 Å². The van der Waals surface area contributed by atoms with Crippen LogP contribution in [0, 0.1) is 16.7 Å². The topological polar surface area (TPSA) is 26.4 Å². The van der Waals surface area contributed by atoms with Gasteiger partial charge in [0.05, 0.1) is 22.3 Å². The predicted molar refractivity (Wildman–Crippen MR) is 124 cm³/mol. The van der Waals surface area contributed by atoms with Crippen LogP contribution in [0.15, 0.2) is 77.6 Å². The lowest BCUT2D eigenvalue weighted by Gasteiger charge is -2.14. The van der Waals surface area contributed by atoms with Crippen LogP contribution in [0.1, 0.15) is 11.1 Å². The molecule has 0 aliphatic rings. The SMILES string of the molecule is Cc1ccccc1-c1sc(=S)n2c3ccccc3c(=O)n(Cc3cccc(F)c3)c12. The minimum absolute atomic E-state index is 0.113. The molecule has 0 radical (unpaired) electrons. The molecule has 148 valence electrons. The van der Waals surface area contributed by atoms with Crippen molar-refractivity contribution in [2.24, 2.45) is 0 Å². The summed E-state index contributed by atoms with van der Waals surface area (Å²) in [6.45, 7) is 2.31. The summed E-state index contributed by atoms with van der Waals surface area (Å²) in [6, 6.07) is 21.9. The Kier molecular flexibility index (Phi) is 4.60. The van der Waals surface area contributed by atoms with E-state index in [0.29, 0.717) is 9.34 Å². The maximum Gasteiger partial charge on any atom is 0.261 e. The Hall–Kier alpha value is -3.09. The summed E-state index contributed by atoms with van der Waals surface area (Å²) in [7, 11) is 0. The van der Waals surface area contributed by atoms with Crippen LogP contribution in [0.5, 0.6) is 0 Å². The summed E-state index contributed by atoms with van der Waals surface area (Å²) in [5.41, 5.74) is 4.29. The minimum atomic E-state index is -0.321. The Morgan fingerprint density at radius 2 is 1.77 bits per heavy atom. The first-order valence-corrected chi connectivity index (χ1v) is 10.7. The maximum absolute atomic E-state index is 13.8. The fourth-order valence-electron chi connectivity index (χ4n) is 3.88. The number of para-hydroxylation sites is 1. The molecule has 0 saturated carbocycles. The highest BCUT2D eigenvalue weighted by atomic mass is 32.1. The molecule has 6 heteroatoms.